The van der Waals surface area contributed by atoms with E-state index in [0.717, 1.165) is 13.2 Å². The number of rotatable bonds is 3. The standard InChI is InChI=1S/C9H7ClF3NO2/c1-16-9(15)5-2-4(3-10)14-8(13)6(5)7(11)12/h2,7H,3H2,1H3. The van der Waals surface area contributed by atoms with Crippen LogP contribution in [0.4, 0.5) is 13.2 Å². The van der Waals surface area contributed by atoms with Gasteiger partial charge in [0.25, 0.3) is 6.43 Å². The summed E-state index contributed by atoms with van der Waals surface area (Å²) in [6.07, 6.45) is -3.15. The van der Waals surface area contributed by atoms with Crippen LogP contribution in [0.25, 0.3) is 0 Å². The lowest BCUT2D eigenvalue weighted by molar-refractivity contribution is 0.0586. The molecule has 88 valence electrons. The molecular formula is C9H7ClF3NO2. The Bertz CT molecular complexity index is 412. The van der Waals surface area contributed by atoms with Crippen molar-refractivity contribution < 1.29 is 22.7 Å². The number of carbonyl (C=O) groups is 1. The molecular weight excluding hydrogens is 247 g/mol. The van der Waals surface area contributed by atoms with Crippen molar-refractivity contribution in [3.8, 4) is 0 Å². The van der Waals surface area contributed by atoms with E-state index in [-0.39, 0.29) is 11.6 Å². The molecule has 0 spiro atoms. The molecule has 3 nitrogen and oxygen atoms in total. The molecule has 0 saturated heterocycles. The first-order valence-corrected chi connectivity index (χ1v) is 4.66. The zero-order valence-electron chi connectivity index (χ0n) is 8.14. The molecule has 7 heteroatoms. The molecule has 0 fully saturated rings. The molecule has 1 aromatic heterocycles. The minimum absolute atomic E-state index is 0.0102. The number of pyridine rings is 1. The van der Waals surface area contributed by atoms with Crippen LogP contribution in [0.2, 0.25) is 0 Å². The Morgan fingerprint density at radius 2 is 2.25 bits per heavy atom. The molecule has 16 heavy (non-hydrogen) atoms. The summed E-state index contributed by atoms with van der Waals surface area (Å²) in [6, 6.07) is 0.989. The first-order valence-electron chi connectivity index (χ1n) is 4.13. The van der Waals surface area contributed by atoms with Gasteiger partial charge >= 0.3 is 5.97 Å². The number of esters is 1. The van der Waals surface area contributed by atoms with E-state index in [1.165, 1.54) is 0 Å². The van der Waals surface area contributed by atoms with Crippen LogP contribution in [0.3, 0.4) is 0 Å². The first kappa shape index (κ1) is 12.8. The van der Waals surface area contributed by atoms with E-state index in [9.17, 15) is 18.0 Å². The SMILES string of the molecule is COC(=O)c1cc(CCl)nc(F)c1C(F)F. The average Bonchev–Trinajstić information content (AvgIpc) is 2.26. The van der Waals surface area contributed by atoms with Gasteiger partial charge in [0.05, 0.1) is 29.8 Å². The van der Waals surface area contributed by atoms with Gasteiger partial charge in [-0.05, 0) is 6.07 Å². The summed E-state index contributed by atoms with van der Waals surface area (Å²) in [4.78, 5) is 14.4. The molecule has 1 aromatic rings. The highest BCUT2D eigenvalue weighted by atomic mass is 35.5. The number of methoxy groups -OCH3 is 1. The number of nitrogens with zero attached hydrogens (tertiary/aromatic N) is 1. The average molecular weight is 254 g/mol. The Labute approximate surface area is 94.2 Å². The van der Waals surface area contributed by atoms with Gasteiger partial charge in [0.15, 0.2) is 0 Å². The third-order valence-corrected chi connectivity index (χ3v) is 2.10. The lowest BCUT2D eigenvalue weighted by Gasteiger charge is -2.09. The molecule has 1 heterocycles. The van der Waals surface area contributed by atoms with Crippen LogP contribution in [0.5, 0.6) is 0 Å². The largest absolute Gasteiger partial charge is 0.465 e. The minimum atomic E-state index is -3.15. The fourth-order valence-electron chi connectivity index (χ4n) is 1.13. The van der Waals surface area contributed by atoms with Gasteiger partial charge in [-0.15, -0.1) is 11.6 Å². The van der Waals surface area contributed by atoms with Crippen LogP contribution in [-0.2, 0) is 10.6 Å². The van der Waals surface area contributed by atoms with E-state index in [4.69, 9.17) is 11.6 Å². The Balaban J connectivity index is 3.40. The maximum Gasteiger partial charge on any atom is 0.338 e. The normalized spacial score (nSPS) is 10.6. The van der Waals surface area contributed by atoms with Crippen molar-refractivity contribution in [1.29, 1.82) is 0 Å². The highest BCUT2D eigenvalue weighted by Crippen LogP contribution is 2.26. The fourth-order valence-corrected chi connectivity index (χ4v) is 1.27. The van der Waals surface area contributed by atoms with Gasteiger partial charge in [0.1, 0.15) is 0 Å². The smallest absolute Gasteiger partial charge is 0.338 e. The van der Waals surface area contributed by atoms with Gasteiger partial charge in [-0.1, -0.05) is 0 Å². The van der Waals surface area contributed by atoms with Gasteiger partial charge in [0, 0.05) is 0 Å². The first-order chi connectivity index (χ1) is 7.51. The van der Waals surface area contributed by atoms with Crippen LogP contribution in [0.15, 0.2) is 6.07 Å². The maximum absolute atomic E-state index is 13.2. The van der Waals surface area contributed by atoms with Crippen molar-refractivity contribution in [3.63, 3.8) is 0 Å². The molecule has 0 aliphatic carbocycles. The second-order valence-corrected chi connectivity index (χ2v) is 3.06. The fraction of sp³-hybridized carbons (Fsp3) is 0.333. The summed E-state index contributed by atoms with van der Waals surface area (Å²) in [6.45, 7) is 0. The maximum atomic E-state index is 13.2. The second-order valence-electron chi connectivity index (χ2n) is 2.79. The Hall–Kier alpha value is -1.30. The van der Waals surface area contributed by atoms with Crippen molar-refractivity contribution in [2.75, 3.05) is 7.11 Å². The Morgan fingerprint density at radius 1 is 1.62 bits per heavy atom. The summed E-state index contributed by atoms with van der Waals surface area (Å²) in [5.41, 5.74) is -1.63. The van der Waals surface area contributed by atoms with Crippen LogP contribution >= 0.6 is 11.6 Å². The monoisotopic (exact) mass is 253 g/mol. The van der Waals surface area contributed by atoms with Crippen molar-refractivity contribution in [3.05, 3.63) is 28.8 Å². The predicted molar refractivity (Wildman–Crippen MR) is 50.0 cm³/mol. The second kappa shape index (κ2) is 5.16. The summed E-state index contributed by atoms with van der Waals surface area (Å²) < 4.78 is 42.5. The molecule has 0 aromatic carbocycles. The van der Waals surface area contributed by atoms with E-state index in [2.05, 4.69) is 9.72 Å². The molecule has 0 amide bonds. The zero-order chi connectivity index (χ0) is 12.3. The predicted octanol–water partition coefficient (Wildman–Crippen LogP) is 2.68. The van der Waals surface area contributed by atoms with Gasteiger partial charge in [0.2, 0.25) is 5.95 Å². The summed E-state index contributed by atoms with van der Waals surface area (Å²) in [7, 11) is 1.01. The highest BCUT2D eigenvalue weighted by Gasteiger charge is 2.25. The van der Waals surface area contributed by atoms with E-state index in [0.29, 0.717) is 0 Å². The molecule has 0 atom stereocenters. The molecule has 0 aliphatic rings. The number of aromatic nitrogens is 1. The van der Waals surface area contributed by atoms with Crippen LogP contribution < -0.4 is 0 Å². The quantitative estimate of drug-likeness (QED) is 0.472. The topological polar surface area (TPSA) is 39.2 Å². The highest BCUT2D eigenvalue weighted by molar-refractivity contribution is 6.17. The van der Waals surface area contributed by atoms with Crippen LogP contribution in [0.1, 0.15) is 28.0 Å². The molecule has 0 radical (unpaired) electrons. The van der Waals surface area contributed by atoms with Crippen molar-refractivity contribution in [2.24, 2.45) is 0 Å². The van der Waals surface area contributed by atoms with Gasteiger partial charge in [-0.3, -0.25) is 0 Å². The number of halogens is 4. The summed E-state index contributed by atoms with van der Waals surface area (Å²) in [5, 5.41) is 0. The van der Waals surface area contributed by atoms with Gasteiger partial charge in [-0.25, -0.2) is 18.6 Å². The lowest BCUT2D eigenvalue weighted by atomic mass is 10.1. The van der Waals surface area contributed by atoms with Gasteiger partial charge < -0.3 is 4.74 Å². The zero-order valence-corrected chi connectivity index (χ0v) is 8.89. The lowest BCUT2D eigenvalue weighted by Crippen LogP contribution is -2.11. The van der Waals surface area contributed by atoms with Gasteiger partial charge in [-0.2, -0.15) is 4.39 Å². The van der Waals surface area contributed by atoms with Crippen LogP contribution in [-0.4, -0.2) is 18.1 Å². The van der Waals surface area contributed by atoms with E-state index >= 15 is 0 Å². The van der Waals surface area contributed by atoms with E-state index in [1.54, 1.807) is 0 Å². The number of carbonyl (C=O) groups excluding carboxylic acids is 1. The van der Waals surface area contributed by atoms with Crippen LogP contribution in [0, 0.1) is 5.95 Å². The number of alkyl halides is 3. The summed E-state index contributed by atoms with van der Waals surface area (Å²) in [5.74, 6) is -2.65. The number of hydrogen-bond acceptors (Lipinski definition) is 3. The number of hydrogen-bond donors (Lipinski definition) is 0. The molecule has 0 saturated carbocycles. The number of ether oxygens (including phenoxy) is 1. The Morgan fingerprint density at radius 3 is 2.69 bits per heavy atom. The molecule has 1 rings (SSSR count). The Kier molecular flexibility index (Phi) is 4.12. The van der Waals surface area contributed by atoms with E-state index in [1.807, 2.05) is 0 Å². The van der Waals surface area contributed by atoms with Crippen molar-refractivity contribution >= 4 is 17.6 Å². The molecule has 0 aliphatic heterocycles. The minimum Gasteiger partial charge on any atom is -0.465 e. The third-order valence-electron chi connectivity index (χ3n) is 1.83. The molecule has 0 N–H and O–H groups in total. The van der Waals surface area contributed by atoms with Crippen molar-refractivity contribution in [1.82, 2.24) is 4.98 Å². The van der Waals surface area contributed by atoms with E-state index < -0.39 is 29.5 Å². The molecule has 0 unspecified atom stereocenters. The van der Waals surface area contributed by atoms with Crippen molar-refractivity contribution in [2.45, 2.75) is 12.3 Å². The third kappa shape index (κ3) is 2.44. The molecule has 0 bridgehead atoms. The summed E-state index contributed by atoms with van der Waals surface area (Å²) >= 11 is 5.38.